The first-order valence-corrected chi connectivity index (χ1v) is 6.74. The van der Waals surface area contributed by atoms with Gasteiger partial charge in [-0.3, -0.25) is 4.79 Å². The fourth-order valence-electron chi connectivity index (χ4n) is 2.26. The van der Waals surface area contributed by atoms with Crippen molar-refractivity contribution >= 4 is 22.4 Å². The fourth-order valence-corrected chi connectivity index (χ4v) is 2.93. The molecular formula is C12H18N2OS. The van der Waals surface area contributed by atoms with E-state index in [0.29, 0.717) is 6.42 Å². The van der Waals surface area contributed by atoms with E-state index in [1.54, 1.807) is 0 Å². The molecular weight excluding hydrogens is 220 g/mol. The summed E-state index contributed by atoms with van der Waals surface area (Å²) < 4.78 is 4.13. The summed E-state index contributed by atoms with van der Waals surface area (Å²) in [5, 5.41) is 3.77. The van der Waals surface area contributed by atoms with Gasteiger partial charge in [0.2, 0.25) is 5.91 Å². The average Bonchev–Trinajstić information content (AvgIpc) is 2.87. The third-order valence-electron chi connectivity index (χ3n) is 3.14. The molecule has 0 bridgehead atoms. The highest BCUT2D eigenvalue weighted by atomic mass is 32.1. The smallest absolute Gasteiger partial charge is 0.225 e. The van der Waals surface area contributed by atoms with Crippen molar-refractivity contribution in [3.63, 3.8) is 0 Å². The second-order valence-electron chi connectivity index (χ2n) is 4.57. The lowest BCUT2D eigenvalue weighted by atomic mass is 10.0. The van der Waals surface area contributed by atoms with Crippen molar-refractivity contribution in [3.05, 3.63) is 11.8 Å². The minimum atomic E-state index is 0.135. The van der Waals surface area contributed by atoms with Crippen LogP contribution in [0, 0.1) is 12.8 Å². The van der Waals surface area contributed by atoms with E-state index in [4.69, 9.17) is 0 Å². The monoisotopic (exact) mass is 238 g/mol. The zero-order valence-corrected chi connectivity index (χ0v) is 10.5. The minimum Gasteiger partial charge on any atom is -0.316 e. The van der Waals surface area contributed by atoms with Crippen LogP contribution in [0.4, 0.5) is 5.00 Å². The van der Waals surface area contributed by atoms with Crippen molar-refractivity contribution in [2.45, 2.75) is 45.4 Å². The topological polar surface area (TPSA) is 42.0 Å². The van der Waals surface area contributed by atoms with Crippen LogP contribution in [0.1, 0.15) is 44.2 Å². The second kappa shape index (κ2) is 5.43. The normalized spacial score (nSPS) is 16.6. The Labute approximate surface area is 100 Å². The van der Waals surface area contributed by atoms with Crippen molar-refractivity contribution in [1.82, 2.24) is 4.37 Å². The van der Waals surface area contributed by atoms with Gasteiger partial charge >= 0.3 is 0 Å². The lowest BCUT2D eigenvalue weighted by Gasteiger charge is -2.07. The van der Waals surface area contributed by atoms with Gasteiger partial charge in [0, 0.05) is 6.42 Å². The molecule has 1 saturated carbocycles. The Morgan fingerprint density at radius 1 is 1.56 bits per heavy atom. The van der Waals surface area contributed by atoms with Gasteiger partial charge in [-0.05, 0) is 36.9 Å². The number of aryl methyl sites for hydroxylation is 1. The van der Waals surface area contributed by atoms with Crippen LogP contribution in [0.15, 0.2) is 6.07 Å². The Morgan fingerprint density at radius 3 is 2.94 bits per heavy atom. The number of nitrogens with zero attached hydrogens (tertiary/aromatic N) is 1. The van der Waals surface area contributed by atoms with E-state index >= 15 is 0 Å². The predicted molar refractivity (Wildman–Crippen MR) is 66.7 cm³/mol. The quantitative estimate of drug-likeness (QED) is 0.874. The standard InChI is InChI=1S/C12H18N2OS/c1-9-8-12(16-14-9)13-11(15)7-6-10-4-2-3-5-10/h8,10H,2-7H2,1H3,(H,13,15). The number of anilines is 1. The minimum absolute atomic E-state index is 0.135. The maximum atomic E-state index is 11.6. The average molecular weight is 238 g/mol. The number of amides is 1. The highest BCUT2D eigenvalue weighted by Gasteiger charge is 2.16. The van der Waals surface area contributed by atoms with E-state index in [1.807, 2.05) is 13.0 Å². The Balaban J connectivity index is 1.71. The van der Waals surface area contributed by atoms with Crippen LogP contribution in [-0.2, 0) is 4.79 Å². The Kier molecular flexibility index (Phi) is 3.93. The first kappa shape index (κ1) is 11.6. The Morgan fingerprint density at radius 2 is 2.31 bits per heavy atom. The van der Waals surface area contributed by atoms with E-state index in [1.165, 1.54) is 37.2 Å². The van der Waals surface area contributed by atoms with Crippen molar-refractivity contribution in [2.24, 2.45) is 5.92 Å². The van der Waals surface area contributed by atoms with Crippen molar-refractivity contribution < 1.29 is 4.79 Å². The molecule has 0 unspecified atom stereocenters. The SMILES string of the molecule is Cc1cc(NC(=O)CCC2CCCC2)sn1. The number of hydrogen-bond donors (Lipinski definition) is 1. The molecule has 1 aromatic rings. The number of hydrogen-bond acceptors (Lipinski definition) is 3. The molecule has 1 aromatic heterocycles. The van der Waals surface area contributed by atoms with Gasteiger partial charge in [-0.1, -0.05) is 25.7 Å². The van der Waals surface area contributed by atoms with Gasteiger partial charge in [0.25, 0.3) is 0 Å². The van der Waals surface area contributed by atoms with Crippen molar-refractivity contribution in [2.75, 3.05) is 5.32 Å². The molecule has 4 heteroatoms. The third kappa shape index (κ3) is 3.30. The summed E-state index contributed by atoms with van der Waals surface area (Å²) in [5.41, 5.74) is 0.969. The molecule has 0 aromatic carbocycles. The molecule has 1 aliphatic rings. The van der Waals surface area contributed by atoms with Crippen LogP contribution < -0.4 is 5.32 Å². The zero-order valence-electron chi connectivity index (χ0n) is 9.66. The number of nitrogens with one attached hydrogen (secondary N) is 1. The van der Waals surface area contributed by atoms with Gasteiger partial charge in [0.15, 0.2) is 0 Å². The van der Waals surface area contributed by atoms with Gasteiger partial charge in [0.1, 0.15) is 5.00 Å². The first-order chi connectivity index (χ1) is 7.74. The summed E-state index contributed by atoms with van der Waals surface area (Å²) in [7, 11) is 0. The molecule has 0 saturated heterocycles. The number of rotatable bonds is 4. The summed E-state index contributed by atoms with van der Waals surface area (Å²) in [6, 6.07) is 1.91. The van der Waals surface area contributed by atoms with Crippen LogP contribution >= 0.6 is 11.5 Å². The molecule has 1 fully saturated rings. The molecule has 2 rings (SSSR count). The van der Waals surface area contributed by atoms with Crippen LogP contribution in [0.5, 0.6) is 0 Å². The van der Waals surface area contributed by atoms with E-state index in [2.05, 4.69) is 9.69 Å². The van der Waals surface area contributed by atoms with Gasteiger partial charge in [-0.15, -0.1) is 0 Å². The number of carbonyl (C=O) groups is 1. The maximum Gasteiger partial charge on any atom is 0.225 e. The van der Waals surface area contributed by atoms with Crippen molar-refractivity contribution in [1.29, 1.82) is 0 Å². The molecule has 0 radical (unpaired) electrons. The lowest BCUT2D eigenvalue weighted by molar-refractivity contribution is -0.116. The van der Waals surface area contributed by atoms with Gasteiger partial charge in [-0.2, -0.15) is 4.37 Å². The molecule has 1 amide bonds. The summed E-state index contributed by atoms with van der Waals surface area (Å²) in [6.45, 7) is 1.94. The van der Waals surface area contributed by atoms with Crippen LogP contribution in [0.3, 0.4) is 0 Å². The molecule has 88 valence electrons. The summed E-state index contributed by atoms with van der Waals surface area (Å²) in [4.78, 5) is 11.6. The first-order valence-electron chi connectivity index (χ1n) is 5.97. The summed E-state index contributed by atoms with van der Waals surface area (Å²) in [5.74, 6) is 0.921. The van der Waals surface area contributed by atoms with Gasteiger partial charge in [-0.25, -0.2) is 0 Å². The molecule has 1 N–H and O–H groups in total. The molecule has 16 heavy (non-hydrogen) atoms. The zero-order chi connectivity index (χ0) is 11.4. The summed E-state index contributed by atoms with van der Waals surface area (Å²) >= 11 is 1.35. The van der Waals surface area contributed by atoms with E-state index in [9.17, 15) is 4.79 Å². The highest BCUT2D eigenvalue weighted by Crippen LogP contribution is 2.28. The van der Waals surface area contributed by atoms with E-state index in [0.717, 1.165) is 23.0 Å². The van der Waals surface area contributed by atoms with Crippen LogP contribution in [0.25, 0.3) is 0 Å². The highest BCUT2D eigenvalue weighted by molar-refractivity contribution is 7.10. The molecule has 0 atom stereocenters. The number of aromatic nitrogens is 1. The Hall–Kier alpha value is -0.900. The molecule has 1 heterocycles. The molecule has 0 spiro atoms. The molecule has 0 aliphatic heterocycles. The van der Waals surface area contributed by atoms with Crippen LogP contribution in [-0.4, -0.2) is 10.3 Å². The van der Waals surface area contributed by atoms with Gasteiger partial charge in [0.05, 0.1) is 5.69 Å². The van der Waals surface area contributed by atoms with E-state index < -0.39 is 0 Å². The predicted octanol–water partition coefficient (Wildman–Crippen LogP) is 3.36. The second-order valence-corrected chi connectivity index (χ2v) is 5.37. The largest absolute Gasteiger partial charge is 0.316 e. The summed E-state index contributed by atoms with van der Waals surface area (Å²) in [6.07, 6.45) is 7.02. The van der Waals surface area contributed by atoms with Crippen LogP contribution in [0.2, 0.25) is 0 Å². The lowest BCUT2D eigenvalue weighted by Crippen LogP contribution is -2.11. The van der Waals surface area contributed by atoms with Gasteiger partial charge < -0.3 is 5.32 Å². The molecule has 1 aliphatic carbocycles. The third-order valence-corrected chi connectivity index (χ3v) is 3.94. The molecule has 3 nitrogen and oxygen atoms in total. The maximum absolute atomic E-state index is 11.6. The number of carbonyl (C=O) groups excluding carboxylic acids is 1. The van der Waals surface area contributed by atoms with Crippen molar-refractivity contribution in [3.8, 4) is 0 Å². The Bertz CT molecular complexity index is 356. The fraction of sp³-hybridized carbons (Fsp3) is 0.667. The van der Waals surface area contributed by atoms with E-state index in [-0.39, 0.29) is 5.91 Å².